The van der Waals surface area contributed by atoms with E-state index < -0.39 is 6.36 Å². The highest BCUT2D eigenvalue weighted by Gasteiger charge is 2.31. The Kier molecular flexibility index (Phi) is 4.95. The fourth-order valence-electron chi connectivity index (χ4n) is 1.61. The van der Waals surface area contributed by atoms with Crippen molar-refractivity contribution in [3.8, 4) is 5.75 Å². The van der Waals surface area contributed by atoms with Crippen molar-refractivity contribution >= 4 is 33.2 Å². The van der Waals surface area contributed by atoms with Crippen LogP contribution < -0.4 is 10.1 Å². The molecule has 0 aliphatic rings. The van der Waals surface area contributed by atoms with Crippen LogP contribution in [-0.4, -0.2) is 11.3 Å². The second kappa shape index (κ2) is 6.53. The largest absolute Gasteiger partial charge is 0.573 e. The highest BCUT2D eigenvalue weighted by atomic mass is 79.9. The van der Waals surface area contributed by atoms with Gasteiger partial charge in [-0.3, -0.25) is 0 Å². The summed E-state index contributed by atoms with van der Waals surface area (Å²) < 4.78 is 41.6. The smallest absolute Gasteiger partial charge is 0.405 e. The predicted molar refractivity (Wildman–Crippen MR) is 77.4 cm³/mol. The van der Waals surface area contributed by atoms with Crippen molar-refractivity contribution < 1.29 is 17.9 Å². The van der Waals surface area contributed by atoms with Crippen molar-refractivity contribution in [1.29, 1.82) is 0 Å². The third kappa shape index (κ3) is 4.78. The van der Waals surface area contributed by atoms with Crippen LogP contribution in [0.25, 0.3) is 0 Å². The Hall–Kier alpha value is -1.47. The van der Waals surface area contributed by atoms with E-state index in [0.717, 1.165) is 0 Å². The molecule has 0 fully saturated rings. The Bertz CT molecular complexity index is 637. The van der Waals surface area contributed by atoms with Gasteiger partial charge in [0.25, 0.3) is 0 Å². The molecule has 112 valence electrons. The minimum Gasteiger partial charge on any atom is -0.405 e. The van der Waals surface area contributed by atoms with Gasteiger partial charge in [0.2, 0.25) is 0 Å². The Labute approximate surface area is 132 Å². The first-order valence-corrected chi connectivity index (χ1v) is 6.91. The monoisotopic (exact) mass is 380 g/mol. The summed E-state index contributed by atoms with van der Waals surface area (Å²) in [7, 11) is 0. The molecular weight excluding hydrogens is 373 g/mol. The van der Waals surface area contributed by atoms with Crippen molar-refractivity contribution in [3.05, 3.63) is 51.7 Å². The molecule has 0 aliphatic carbocycles. The molecule has 0 saturated heterocycles. The first-order valence-electron chi connectivity index (χ1n) is 5.74. The van der Waals surface area contributed by atoms with Crippen molar-refractivity contribution in [3.63, 3.8) is 0 Å². The highest BCUT2D eigenvalue weighted by Crippen LogP contribution is 2.28. The van der Waals surface area contributed by atoms with Gasteiger partial charge in [-0.1, -0.05) is 29.8 Å². The van der Waals surface area contributed by atoms with Gasteiger partial charge in [0, 0.05) is 22.8 Å². The third-order valence-electron chi connectivity index (χ3n) is 2.47. The lowest BCUT2D eigenvalue weighted by Gasteiger charge is -2.14. The average Bonchev–Trinajstić information content (AvgIpc) is 2.39. The Morgan fingerprint density at radius 3 is 2.71 bits per heavy atom. The zero-order valence-electron chi connectivity index (χ0n) is 10.4. The van der Waals surface area contributed by atoms with Gasteiger partial charge in [-0.2, -0.15) is 0 Å². The van der Waals surface area contributed by atoms with Crippen LogP contribution in [-0.2, 0) is 6.54 Å². The van der Waals surface area contributed by atoms with E-state index >= 15 is 0 Å². The topological polar surface area (TPSA) is 34.1 Å². The van der Waals surface area contributed by atoms with E-state index in [-0.39, 0.29) is 17.4 Å². The molecule has 0 bridgehead atoms. The molecule has 8 heteroatoms. The Morgan fingerprint density at radius 2 is 2.00 bits per heavy atom. The summed E-state index contributed by atoms with van der Waals surface area (Å²) in [5, 5.41) is 3.15. The number of aromatic nitrogens is 1. The SMILES string of the molecule is FC(F)(F)Oc1ccccc1CNc1cc(Br)cnc1Cl. The number of nitrogens with zero attached hydrogens (tertiary/aromatic N) is 1. The summed E-state index contributed by atoms with van der Waals surface area (Å²) >= 11 is 9.15. The normalized spacial score (nSPS) is 11.3. The maximum absolute atomic E-state index is 12.3. The summed E-state index contributed by atoms with van der Waals surface area (Å²) in [4.78, 5) is 3.92. The zero-order valence-corrected chi connectivity index (χ0v) is 12.8. The maximum Gasteiger partial charge on any atom is 0.573 e. The standard InChI is InChI=1S/C13H9BrClF3N2O/c14-9-5-10(12(15)20-7-9)19-6-8-3-1-2-4-11(8)21-13(16,17)18/h1-5,7,19H,6H2. The number of ether oxygens (including phenoxy) is 1. The van der Waals surface area contributed by atoms with Crippen molar-refractivity contribution in [2.24, 2.45) is 0 Å². The summed E-state index contributed by atoms with van der Waals surface area (Å²) in [6.07, 6.45) is -3.21. The van der Waals surface area contributed by atoms with E-state index in [1.165, 1.54) is 24.4 Å². The van der Waals surface area contributed by atoms with Crippen LogP contribution >= 0.6 is 27.5 Å². The van der Waals surface area contributed by atoms with Gasteiger partial charge in [0.05, 0.1) is 5.69 Å². The van der Waals surface area contributed by atoms with E-state index in [9.17, 15) is 13.2 Å². The van der Waals surface area contributed by atoms with Crippen LogP contribution in [0, 0.1) is 0 Å². The lowest BCUT2D eigenvalue weighted by molar-refractivity contribution is -0.274. The molecule has 21 heavy (non-hydrogen) atoms. The number of alkyl halides is 3. The number of hydrogen-bond acceptors (Lipinski definition) is 3. The summed E-state index contributed by atoms with van der Waals surface area (Å²) in [6.45, 7) is 0.115. The van der Waals surface area contributed by atoms with Crippen molar-refractivity contribution in [2.75, 3.05) is 5.32 Å². The lowest BCUT2D eigenvalue weighted by Crippen LogP contribution is -2.18. The first-order chi connectivity index (χ1) is 9.85. The Balaban J connectivity index is 2.15. The molecule has 1 aromatic heterocycles. The number of anilines is 1. The summed E-state index contributed by atoms with van der Waals surface area (Å²) in [5.74, 6) is -0.253. The molecule has 3 nitrogen and oxygen atoms in total. The van der Waals surface area contributed by atoms with E-state index in [1.807, 2.05) is 0 Å². The molecular formula is C13H9BrClF3N2O. The molecule has 1 N–H and O–H groups in total. The molecule has 0 saturated carbocycles. The van der Waals surface area contributed by atoms with E-state index in [0.29, 0.717) is 15.7 Å². The number of nitrogens with one attached hydrogen (secondary N) is 1. The van der Waals surface area contributed by atoms with E-state index in [4.69, 9.17) is 11.6 Å². The predicted octanol–water partition coefficient (Wildman–Crippen LogP) is 5.01. The fraction of sp³-hybridized carbons (Fsp3) is 0.154. The summed E-state index contributed by atoms with van der Waals surface area (Å²) in [5.41, 5.74) is 0.860. The molecule has 0 amide bonds. The van der Waals surface area contributed by atoms with Crippen LogP contribution in [0.4, 0.5) is 18.9 Å². The quantitative estimate of drug-likeness (QED) is 0.756. The molecule has 2 rings (SSSR count). The number of pyridine rings is 1. The van der Waals surface area contributed by atoms with Crippen molar-refractivity contribution in [1.82, 2.24) is 4.98 Å². The van der Waals surface area contributed by atoms with Gasteiger partial charge in [0.15, 0.2) is 5.15 Å². The fourth-order valence-corrected chi connectivity index (χ4v) is 2.11. The number of rotatable bonds is 4. The van der Waals surface area contributed by atoms with Gasteiger partial charge < -0.3 is 10.1 Å². The van der Waals surface area contributed by atoms with Crippen LogP contribution in [0.2, 0.25) is 5.15 Å². The molecule has 0 spiro atoms. The summed E-state index contributed by atoms with van der Waals surface area (Å²) in [6, 6.07) is 7.57. The van der Waals surface area contributed by atoms with E-state index in [2.05, 4.69) is 31.0 Å². The van der Waals surface area contributed by atoms with Gasteiger partial charge in [0.1, 0.15) is 5.75 Å². The van der Waals surface area contributed by atoms with Crippen molar-refractivity contribution in [2.45, 2.75) is 12.9 Å². The average molecular weight is 382 g/mol. The molecule has 0 atom stereocenters. The van der Waals surface area contributed by atoms with Crippen LogP contribution in [0.3, 0.4) is 0 Å². The molecule has 0 aliphatic heterocycles. The van der Waals surface area contributed by atoms with E-state index in [1.54, 1.807) is 12.1 Å². The molecule has 1 heterocycles. The van der Waals surface area contributed by atoms with Gasteiger partial charge in [-0.05, 0) is 28.1 Å². The van der Waals surface area contributed by atoms with Crippen LogP contribution in [0.15, 0.2) is 41.0 Å². The second-order valence-corrected chi connectivity index (χ2v) is 5.27. The maximum atomic E-state index is 12.3. The van der Waals surface area contributed by atoms with Crippen LogP contribution in [0.5, 0.6) is 5.75 Å². The molecule has 0 radical (unpaired) electrons. The van der Waals surface area contributed by atoms with Gasteiger partial charge >= 0.3 is 6.36 Å². The third-order valence-corrected chi connectivity index (χ3v) is 3.21. The minimum absolute atomic E-state index is 0.115. The molecule has 0 unspecified atom stereocenters. The minimum atomic E-state index is -4.73. The molecule has 1 aromatic carbocycles. The zero-order chi connectivity index (χ0) is 15.5. The lowest BCUT2D eigenvalue weighted by atomic mass is 10.2. The number of hydrogen-bond donors (Lipinski definition) is 1. The number of benzene rings is 1. The molecule has 2 aromatic rings. The number of halogens is 5. The van der Waals surface area contributed by atoms with Gasteiger partial charge in [-0.15, -0.1) is 13.2 Å². The number of para-hydroxylation sites is 1. The highest BCUT2D eigenvalue weighted by molar-refractivity contribution is 9.10. The first kappa shape index (κ1) is 15.9. The van der Waals surface area contributed by atoms with Crippen LogP contribution in [0.1, 0.15) is 5.56 Å². The second-order valence-electron chi connectivity index (χ2n) is 4.00. The Morgan fingerprint density at radius 1 is 1.29 bits per heavy atom. The van der Waals surface area contributed by atoms with Gasteiger partial charge in [-0.25, -0.2) is 4.98 Å².